The van der Waals surface area contributed by atoms with Crippen molar-refractivity contribution < 1.29 is 0 Å². The number of aryl methyl sites for hydroxylation is 1. The first-order valence-electron chi connectivity index (χ1n) is 7.56. The van der Waals surface area contributed by atoms with Crippen LogP contribution in [-0.4, -0.2) is 7.05 Å². The smallest absolute Gasteiger partial charge is 0.0496 e. The summed E-state index contributed by atoms with van der Waals surface area (Å²) in [6.45, 7) is 6.81. The molecule has 2 aromatic rings. The number of thiophene rings is 1. The lowest BCUT2D eigenvalue weighted by Gasteiger charge is -2.31. The maximum Gasteiger partial charge on any atom is 0.0496 e. The zero-order chi connectivity index (χ0) is 15.4. The van der Waals surface area contributed by atoms with Gasteiger partial charge in [0.15, 0.2) is 0 Å². The minimum Gasteiger partial charge on any atom is -0.312 e. The molecule has 2 rings (SSSR count). The predicted molar refractivity (Wildman–Crippen MR) is 97.2 cm³/mol. The minimum atomic E-state index is 0.343. The highest BCUT2D eigenvalue weighted by Gasteiger charge is 2.30. The number of hydrogen-bond donors (Lipinski definition) is 1. The van der Waals surface area contributed by atoms with Gasteiger partial charge in [-0.1, -0.05) is 50.6 Å². The predicted octanol–water partition coefficient (Wildman–Crippen LogP) is 5.91. The van der Waals surface area contributed by atoms with Crippen LogP contribution in [-0.2, 0) is 0 Å². The van der Waals surface area contributed by atoms with Crippen molar-refractivity contribution in [1.29, 1.82) is 0 Å². The topological polar surface area (TPSA) is 12.0 Å². The quantitative estimate of drug-likeness (QED) is 0.670. The SMILES string of the molecule is CCC(C)C(c1ccccc1)C(NC)c1sc(C)cc1Br. The van der Waals surface area contributed by atoms with E-state index in [1.165, 1.54) is 26.2 Å². The van der Waals surface area contributed by atoms with Gasteiger partial charge in [-0.25, -0.2) is 0 Å². The summed E-state index contributed by atoms with van der Waals surface area (Å²) in [4.78, 5) is 2.76. The first-order valence-corrected chi connectivity index (χ1v) is 9.17. The molecule has 0 fully saturated rings. The summed E-state index contributed by atoms with van der Waals surface area (Å²) in [6, 6.07) is 13.5. The molecule has 0 saturated carbocycles. The molecular formula is C18H24BrNS. The molecule has 0 saturated heterocycles. The Bertz CT molecular complexity index is 564. The normalized spacial score (nSPS) is 15.7. The molecule has 0 bridgehead atoms. The number of benzene rings is 1. The fourth-order valence-corrected chi connectivity index (χ4v) is 5.02. The van der Waals surface area contributed by atoms with E-state index in [-0.39, 0.29) is 0 Å². The zero-order valence-corrected chi connectivity index (χ0v) is 15.6. The zero-order valence-electron chi connectivity index (χ0n) is 13.2. The first-order chi connectivity index (χ1) is 10.1. The van der Waals surface area contributed by atoms with E-state index >= 15 is 0 Å². The maximum atomic E-state index is 3.74. The van der Waals surface area contributed by atoms with E-state index in [0.717, 1.165) is 0 Å². The number of likely N-dealkylation sites (N-methyl/N-ethyl adjacent to an activating group) is 1. The Hall–Kier alpha value is -0.640. The van der Waals surface area contributed by atoms with Crippen molar-refractivity contribution in [1.82, 2.24) is 5.32 Å². The van der Waals surface area contributed by atoms with Crippen molar-refractivity contribution in [2.24, 2.45) is 5.92 Å². The molecule has 0 aliphatic carbocycles. The molecule has 0 aliphatic heterocycles. The van der Waals surface area contributed by atoms with Crippen LogP contribution in [0, 0.1) is 12.8 Å². The maximum absolute atomic E-state index is 3.74. The van der Waals surface area contributed by atoms with Crippen LogP contribution >= 0.6 is 27.3 Å². The van der Waals surface area contributed by atoms with Gasteiger partial charge < -0.3 is 5.32 Å². The summed E-state index contributed by atoms with van der Waals surface area (Å²) in [5.74, 6) is 1.11. The second kappa shape index (κ2) is 7.57. The largest absolute Gasteiger partial charge is 0.312 e. The van der Waals surface area contributed by atoms with Crippen LogP contribution in [0.3, 0.4) is 0 Å². The fraction of sp³-hybridized carbons (Fsp3) is 0.444. The summed E-state index contributed by atoms with van der Waals surface area (Å²) in [6.07, 6.45) is 1.18. The van der Waals surface area contributed by atoms with E-state index in [4.69, 9.17) is 0 Å². The molecule has 0 spiro atoms. The molecule has 3 unspecified atom stereocenters. The van der Waals surface area contributed by atoms with Crippen molar-refractivity contribution in [2.75, 3.05) is 7.05 Å². The lowest BCUT2D eigenvalue weighted by atomic mass is 9.79. The van der Waals surface area contributed by atoms with Crippen molar-refractivity contribution >= 4 is 27.3 Å². The monoisotopic (exact) mass is 365 g/mol. The molecule has 1 N–H and O–H groups in total. The summed E-state index contributed by atoms with van der Waals surface area (Å²) >= 11 is 5.63. The van der Waals surface area contributed by atoms with Crippen LogP contribution in [0.1, 0.15) is 47.5 Å². The van der Waals surface area contributed by atoms with E-state index < -0.39 is 0 Å². The van der Waals surface area contributed by atoms with Crippen LogP contribution in [0.15, 0.2) is 40.9 Å². The molecule has 3 heteroatoms. The Morgan fingerprint density at radius 1 is 1.24 bits per heavy atom. The Labute approximate surface area is 140 Å². The summed E-state index contributed by atoms with van der Waals surface area (Å²) in [5.41, 5.74) is 1.42. The lowest BCUT2D eigenvalue weighted by Crippen LogP contribution is -2.27. The molecule has 0 aliphatic rings. The second-order valence-electron chi connectivity index (χ2n) is 5.66. The van der Waals surface area contributed by atoms with Crippen molar-refractivity contribution in [3.8, 4) is 0 Å². The average Bonchev–Trinajstić information content (AvgIpc) is 2.83. The Balaban J connectivity index is 2.45. The van der Waals surface area contributed by atoms with Gasteiger partial charge in [-0.3, -0.25) is 0 Å². The van der Waals surface area contributed by atoms with Crippen molar-refractivity contribution in [3.05, 3.63) is 56.2 Å². The van der Waals surface area contributed by atoms with Crippen molar-refractivity contribution in [3.63, 3.8) is 0 Å². The summed E-state index contributed by atoms with van der Waals surface area (Å²) in [5, 5.41) is 3.57. The number of rotatable bonds is 6. The van der Waals surface area contributed by atoms with Crippen molar-refractivity contribution in [2.45, 2.75) is 39.2 Å². The van der Waals surface area contributed by atoms with Crippen LogP contribution in [0.25, 0.3) is 0 Å². The molecule has 21 heavy (non-hydrogen) atoms. The van der Waals surface area contributed by atoms with Gasteiger partial charge in [0.2, 0.25) is 0 Å². The van der Waals surface area contributed by atoms with Gasteiger partial charge in [-0.05, 0) is 47.4 Å². The van der Waals surface area contributed by atoms with E-state index in [0.29, 0.717) is 17.9 Å². The van der Waals surface area contributed by atoms with Crippen LogP contribution < -0.4 is 5.32 Å². The van der Waals surface area contributed by atoms with Gasteiger partial charge in [-0.2, -0.15) is 0 Å². The number of halogens is 1. The minimum absolute atomic E-state index is 0.343. The molecule has 0 radical (unpaired) electrons. The van der Waals surface area contributed by atoms with Gasteiger partial charge in [0.25, 0.3) is 0 Å². The third-order valence-electron chi connectivity index (χ3n) is 4.23. The van der Waals surface area contributed by atoms with Crippen LogP contribution in [0.2, 0.25) is 0 Å². The first kappa shape index (κ1) is 16.7. The fourth-order valence-electron chi connectivity index (χ4n) is 2.97. The highest BCUT2D eigenvalue weighted by Crippen LogP contribution is 2.43. The van der Waals surface area contributed by atoms with Crippen LogP contribution in [0.5, 0.6) is 0 Å². The molecule has 1 nitrogen and oxygen atoms in total. The Morgan fingerprint density at radius 3 is 2.38 bits per heavy atom. The molecule has 1 aromatic heterocycles. The average molecular weight is 366 g/mol. The molecule has 3 atom stereocenters. The lowest BCUT2D eigenvalue weighted by molar-refractivity contribution is 0.357. The van der Waals surface area contributed by atoms with E-state index in [1.54, 1.807) is 0 Å². The van der Waals surface area contributed by atoms with Crippen LogP contribution in [0.4, 0.5) is 0 Å². The third-order valence-corrected chi connectivity index (χ3v) is 6.28. The van der Waals surface area contributed by atoms with Gasteiger partial charge >= 0.3 is 0 Å². The van der Waals surface area contributed by atoms with Gasteiger partial charge in [0.1, 0.15) is 0 Å². The molecule has 114 valence electrons. The van der Waals surface area contributed by atoms with E-state index in [2.05, 4.69) is 85.5 Å². The second-order valence-corrected chi connectivity index (χ2v) is 7.80. The number of hydrogen-bond acceptors (Lipinski definition) is 2. The highest BCUT2D eigenvalue weighted by atomic mass is 79.9. The summed E-state index contributed by atoms with van der Waals surface area (Å²) < 4.78 is 1.23. The Morgan fingerprint density at radius 2 is 1.90 bits per heavy atom. The third kappa shape index (κ3) is 3.77. The standard InChI is InChI=1S/C18H24BrNS/c1-5-12(2)16(14-9-7-6-8-10-14)17(20-4)18-15(19)11-13(3)21-18/h6-12,16-17,20H,5H2,1-4H3. The van der Waals surface area contributed by atoms with Gasteiger partial charge in [0, 0.05) is 26.2 Å². The molecular weight excluding hydrogens is 342 g/mol. The molecule has 1 aromatic carbocycles. The van der Waals surface area contributed by atoms with Gasteiger partial charge in [0.05, 0.1) is 0 Å². The molecule has 1 heterocycles. The van der Waals surface area contributed by atoms with E-state index in [9.17, 15) is 0 Å². The van der Waals surface area contributed by atoms with E-state index in [1.807, 2.05) is 11.3 Å². The highest BCUT2D eigenvalue weighted by molar-refractivity contribution is 9.10. The van der Waals surface area contributed by atoms with Gasteiger partial charge in [-0.15, -0.1) is 11.3 Å². The number of nitrogens with one attached hydrogen (secondary N) is 1. The Kier molecular flexibility index (Phi) is 6.03. The molecule has 0 amide bonds. The summed E-state index contributed by atoms with van der Waals surface area (Å²) in [7, 11) is 2.07.